The van der Waals surface area contributed by atoms with Crippen molar-refractivity contribution in [2.45, 2.75) is 315 Å². The first-order valence-corrected chi connectivity index (χ1v) is 26.5. The third-order valence-corrected chi connectivity index (χ3v) is 12.7. The molecular weight excluding hydrogens is 733 g/mol. The molecule has 0 spiro atoms. The van der Waals surface area contributed by atoms with Crippen LogP contribution < -0.4 is 0 Å². The van der Waals surface area contributed by atoms with Crippen LogP contribution >= 0.6 is 0 Å². The van der Waals surface area contributed by atoms with Crippen molar-refractivity contribution in [3.05, 3.63) is 0 Å². The number of rotatable bonds is 49. The van der Waals surface area contributed by atoms with E-state index < -0.39 is 35.8 Å². The van der Waals surface area contributed by atoms with Crippen LogP contribution in [0.25, 0.3) is 0 Å². The van der Waals surface area contributed by atoms with Crippen LogP contribution in [0.3, 0.4) is 0 Å². The number of hydrogen-bond donors (Lipinski definition) is 2. The van der Waals surface area contributed by atoms with Crippen molar-refractivity contribution in [2.24, 2.45) is 0 Å². The maximum Gasteiger partial charge on any atom is 0.305 e. The van der Waals surface area contributed by atoms with E-state index in [1.807, 2.05) is 0 Å². The average molecular weight is 835 g/mol. The molecule has 2 N–H and O–H groups in total. The highest BCUT2D eigenvalue weighted by Crippen LogP contribution is 2.24. The smallest absolute Gasteiger partial charge is 0.305 e. The van der Waals surface area contributed by atoms with E-state index in [0.717, 1.165) is 51.4 Å². The summed E-state index contributed by atoms with van der Waals surface area (Å²) in [7, 11) is 0. The van der Waals surface area contributed by atoms with E-state index in [-0.39, 0.29) is 19.3 Å². The standard InChI is InChI=1S/C53H102O6/c1-4-7-10-13-16-19-22-24-26-28-31-33-36-39-42-45-49(54)53(58,50(55)46-43-40-37-34-32-29-27-25-23-20-17-14-11-8-5-2)51(56)48-59-52(57)47-44-41-38-35-30-21-18-15-12-9-6-3/h51,56,58H,4-48H2,1-3H3. The van der Waals surface area contributed by atoms with Gasteiger partial charge in [-0.05, 0) is 19.3 Å². The lowest BCUT2D eigenvalue weighted by atomic mass is 9.82. The molecule has 1 atom stereocenters. The van der Waals surface area contributed by atoms with Gasteiger partial charge < -0.3 is 14.9 Å². The van der Waals surface area contributed by atoms with Crippen LogP contribution in [-0.2, 0) is 19.1 Å². The van der Waals surface area contributed by atoms with Gasteiger partial charge in [0.05, 0.1) is 0 Å². The molecule has 350 valence electrons. The first-order chi connectivity index (χ1) is 28.8. The van der Waals surface area contributed by atoms with Crippen LogP contribution in [-0.4, -0.2) is 46.1 Å². The zero-order valence-corrected chi connectivity index (χ0v) is 39.9. The Morgan fingerprint density at radius 1 is 0.356 bits per heavy atom. The Balaban J connectivity index is 4.60. The van der Waals surface area contributed by atoms with Crippen molar-refractivity contribution in [3.63, 3.8) is 0 Å². The number of Topliss-reactive ketones (excluding diaryl/α,β-unsaturated/α-hetero) is 2. The van der Waals surface area contributed by atoms with Gasteiger partial charge in [0, 0.05) is 19.3 Å². The molecule has 0 aromatic heterocycles. The van der Waals surface area contributed by atoms with Gasteiger partial charge in [-0.2, -0.15) is 0 Å². The molecule has 0 bridgehead atoms. The molecule has 0 saturated heterocycles. The number of aliphatic hydroxyl groups excluding tert-OH is 1. The first-order valence-electron chi connectivity index (χ1n) is 26.5. The van der Waals surface area contributed by atoms with Crippen LogP contribution in [0, 0.1) is 0 Å². The van der Waals surface area contributed by atoms with Crippen LogP contribution in [0.2, 0.25) is 0 Å². The van der Waals surface area contributed by atoms with Gasteiger partial charge in [-0.3, -0.25) is 14.4 Å². The molecule has 0 aromatic carbocycles. The fourth-order valence-electron chi connectivity index (χ4n) is 8.52. The highest BCUT2D eigenvalue weighted by Gasteiger charge is 2.49. The second-order valence-corrected chi connectivity index (χ2v) is 18.5. The maximum absolute atomic E-state index is 13.5. The Kier molecular flexibility index (Phi) is 43.8. The molecule has 1 unspecified atom stereocenters. The molecule has 6 nitrogen and oxygen atoms in total. The van der Waals surface area contributed by atoms with Crippen molar-refractivity contribution in [1.29, 1.82) is 0 Å². The summed E-state index contributed by atoms with van der Waals surface area (Å²) in [6.07, 6.45) is 48.0. The number of ether oxygens (including phenoxy) is 1. The summed E-state index contributed by atoms with van der Waals surface area (Å²) in [6.45, 7) is 6.23. The number of esters is 1. The lowest BCUT2D eigenvalue weighted by molar-refractivity contribution is -0.172. The summed E-state index contributed by atoms with van der Waals surface area (Å²) in [4.78, 5) is 39.5. The average Bonchev–Trinajstić information content (AvgIpc) is 3.24. The van der Waals surface area contributed by atoms with Gasteiger partial charge in [-0.1, -0.05) is 265 Å². The number of carbonyl (C=O) groups excluding carboxylic acids is 3. The highest BCUT2D eigenvalue weighted by molar-refractivity contribution is 6.10. The number of ketones is 2. The molecule has 0 aliphatic carbocycles. The van der Waals surface area contributed by atoms with Gasteiger partial charge in [0.1, 0.15) is 12.7 Å². The fraction of sp³-hybridized carbons (Fsp3) is 0.943. The largest absolute Gasteiger partial charge is 0.463 e. The monoisotopic (exact) mass is 835 g/mol. The normalized spacial score (nSPS) is 12.3. The van der Waals surface area contributed by atoms with Crippen LogP contribution in [0.4, 0.5) is 0 Å². The predicted molar refractivity (Wildman–Crippen MR) is 252 cm³/mol. The number of hydrogen-bond acceptors (Lipinski definition) is 6. The minimum Gasteiger partial charge on any atom is -0.463 e. The van der Waals surface area contributed by atoms with Crippen molar-refractivity contribution < 1.29 is 29.3 Å². The van der Waals surface area contributed by atoms with E-state index in [0.29, 0.717) is 19.3 Å². The third-order valence-electron chi connectivity index (χ3n) is 12.7. The van der Waals surface area contributed by atoms with E-state index >= 15 is 0 Å². The molecular formula is C53H102O6. The van der Waals surface area contributed by atoms with Crippen LogP contribution in [0.1, 0.15) is 303 Å². The third kappa shape index (κ3) is 36.0. The van der Waals surface area contributed by atoms with Crippen molar-refractivity contribution >= 4 is 17.5 Å². The second-order valence-electron chi connectivity index (χ2n) is 18.5. The van der Waals surface area contributed by atoms with E-state index in [9.17, 15) is 24.6 Å². The Labute approximate surface area is 367 Å². The van der Waals surface area contributed by atoms with E-state index in [1.165, 1.54) is 193 Å². The van der Waals surface area contributed by atoms with Gasteiger partial charge in [-0.15, -0.1) is 0 Å². The maximum atomic E-state index is 13.5. The topological polar surface area (TPSA) is 101 Å². The summed E-state index contributed by atoms with van der Waals surface area (Å²) in [5.74, 6) is -1.72. The van der Waals surface area contributed by atoms with Gasteiger partial charge in [-0.25, -0.2) is 0 Å². The molecule has 0 fully saturated rings. The van der Waals surface area contributed by atoms with Gasteiger partial charge >= 0.3 is 5.97 Å². The van der Waals surface area contributed by atoms with E-state index in [4.69, 9.17) is 4.74 Å². The molecule has 0 rings (SSSR count). The molecule has 0 aromatic rings. The van der Waals surface area contributed by atoms with Gasteiger partial charge in [0.25, 0.3) is 0 Å². The van der Waals surface area contributed by atoms with Gasteiger partial charge in [0.15, 0.2) is 11.6 Å². The summed E-state index contributed by atoms with van der Waals surface area (Å²) in [5, 5.41) is 22.7. The number of unbranched alkanes of at least 4 members (excludes halogenated alkanes) is 38. The quantitative estimate of drug-likeness (QED) is 0.0360. The lowest BCUT2D eigenvalue weighted by Gasteiger charge is -2.30. The zero-order valence-electron chi connectivity index (χ0n) is 39.9. The number of carbonyl (C=O) groups is 3. The summed E-state index contributed by atoms with van der Waals surface area (Å²) in [6, 6.07) is 0. The van der Waals surface area contributed by atoms with Gasteiger partial charge in [0.2, 0.25) is 5.60 Å². The van der Waals surface area contributed by atoms with Crippen molar-refractivity contribution in [3.8, 4) is 0 Å². The van der Waals surface area contributed by atoms with E-state index in [1.54, 1.807) is 0 Å². The molecule has 6 heteroatoms. The first kappa shape index (κ1) is 57.7. The van der Waals surface area contributed by atoms with Crippen LogP contribution in [0.5, 0.6) is 0 Å². The fourth-order valence-corrected chi connectivity index (χ4v) is 8.52. The summed E-state index contributed by atoms with van der Waals surface area (Å²) in [5.41, 5.74) is -2.52. The summed E-state index contributed by atoms with van der Waals surface area (Å²) < 4.78 is 5.35. The van der Waals surface area contributed by atoms with Crippen molar-refractivity contribution in [2.75, 3.05) is 6.61 Å². The zero-order chi connectivity index (χ0) is 43.3. The molecule has 0 saturated carbocycles. The summed E-state index contributed by atoms with van der Waals surface area (Å²) >= 11 is 0. The Bertz CT molecular complexity index is 872. The predicted octanol–water partition coefficient (Wildman–Crippen LogP) is 16.0. The number of aliphatic hydroxyl groups is 2. The van der Waals surface area contributed by atoms with Crippen molar-refractivity contribution in [1.82, 2.24) is 0 Å². The van der Waals surface area contributed by atoms with E-state index in [2.05, 4.69) is 20.8 Å². The Morgan fingerprint density at radius 3 is 0.797 bits per heavy atom. The second kappa shape index (κ2) is 44.8. The molecule has 0 radical (unpaired) electrons. The molecule has 0 amide bonds. The SMILES string of the molecule is CCCCCCCCCCCCCCCCCC(=O)C(O)(C(=O)CCCCCCCCCCCCCCCCC)C(O)COC(=O)CCCCCCCCCCCCC. The molecule has 0 heterocycles. The minimum atomic E-state index is -2.52. The highest BCUT2D eigenvalue weighted by atomic mass is 16.5. The Morgan fingerprint density at radius 2 is 0.559 bits per heavy atom. The molecule has 0 aliphatic rings. The molecule has 0 aliphatic heterocycles. The molecule has 59 heavy (non-hydrogen) atoms. The van der Waals surface area contributed by atoms with Crippen LogP contribution in [0.15, 0.2) is 0 Å². The Hall–Kier alpha value is -1.27. The minimum absolute atomic E-state index is 0.0447. The lowest BCUT2D eigenvalue weighted by Crippen LogP contribution is -2.57.